The normalized spacial score (nSPS) is 14.6. The van der Waals surface area contributed by atoms with Gasteiger partial charge in [-0.25, -0.2) is 9.13 Å². The highest BCUT2D eigenvalue weighted by molar-refractivity contribution is 7.47. The molecule has 0 rings (SSSR count). The zero-order valence-electron chi connectivity index (χ0n) is 63.7. The molecule has 5 unspecified atom stereocenters. The van der Waals surface area contributed by atoms with Crippen molar-refractivity contribution in [1.29, 1.82) is 0 Å². The van der Waals surface area contributed by atoms with E-state index in [1.54, 1.807) is 0 Å². The molecule has 3 N–H and O–H groups in total. The molecule has 0 saturated heterocycles. The second kappa shape index (κ2) is 74.5. The van der Waals surface area contributed by atoms with E-state index >= 15 is 0 Å². The summed E-state index contributed by atoms with van der Waals surface area (Å²) in [6, 6.07) is 0. The van der Waals surface area contributed by atoms with E-state index in [9.17, 15) is 43.2 Å². The second-order valence-corrected chi connectivity index (χ2v) is 28.8. The van der Waals surface area contributed by atoms with Crippen molar-refractivity contribution in [2.45, 2.75) is 329 Å². The maximum Gasteiger partial charge on any atom is 0.472 e. The van der Waals surface area contributed by atoms with Crippen LogP contribution < -0.4 is 0 Å². The molecule has 0 aromatic rings. The van der Waals surface area contributed by atoms with Crippen LogP contribution in [0.4, 0.5) is 0 Å². The number of aliphatic hydroxyl groups excluding tert-OH is 1. The number of esters is 4. The Morgan fingerprint density at radius 1 is 0.284 bits per heavy atom. The summed E-state index contributed by atoms with van der Waals surface area (Å²) in [6.07, 6.45) is 83.0. The van der Waals surface area contributed by atoms with E-state index in [1.165, 1.54) is 51.4 Å². The van der Waals surface area contributed by atoms with Crippen molar-refractivity contribution in [3.8, 4) is 0 Å². The molecule has 0 aliphatic carbocycles. The SMILES string of the molecule is CC/C=C\C/C=C\C/C=C\C/C=C\C/C=C\CCCC(=O)OCC(COP(=O)(O)OCC(O)COP(=O)(O)OCC(COC(=O)CCCCCCCC/C=C\C/C=C\C/C=C\C/C=C\CC)OC(=O)CCCCCCC/C=C\CCCCCCCC)OC(=O)CCCCCCC/C=C\CCCC. The van der Waals surface area contributed by atoms with Crippen LogP contribution in [-0.4, -0.2) is 96.7 Å². The van der Waals surface area contributed by atoms with Crippen LogP contribution >= 0.6 is 15.6 Å². The van der Waals surface area contributed by atoms with Crippen LogP contribution in [0, 0.1) is 0 Å². The van der Waals surface area contributed by atoms with Gasteiger partial charge in [-0.3, -0.25) is 37.3 Å². The Labute approximate surface area is 618 Å². The lowest BCUT2D eigenvalue weighted by atomic mass is 10.1. The first-order valence-electron chi connectivity index (χ1n) is 39.4. The number of hydrogen-bond donors (Lipinski definition) is 3. The molecule has 0 saturated carbocycles. The van der Waals surface area contributed by atoms with Crippen LogP contribution in [0.3, 0.4) is 0 Å². The monoisotopic (exact) mass is 1470 g/mol. The van der Waals surface area contributed by atoms with E-state index in [4.69, 9.17) is 37.0 Å². The summed E-state index contributed by atoms with van der Waals surface area (Å²) in [7, 11) is -9.98. The standard InChI is InChI=1S/C83H140O17P2/c1-5-9-13-17-21-25-29-32-35-37-38-40-43-45-49-52-56-60-64-68-81(86)94-74-79(100-83(88)70-66-62-58-54-50-46-41-34-31-27-23-19-15-11-7-3)76-98-102(91,92)96-72-77(84)71-95-101(89,90)97-75-78(99-82(87)69-65-61-57-53-47-28-24-20-16-12-8-4)73-93-80(85)67-63-59-55-51-48-44-42-39-36-33-30-26-22-18-14-10-6-2/h9-10,13-14,20-22,24-26,32-36,38,40-42,44,51,55,77-79,84H,5-8,11-12,15-19,23,27-31,37,39,43,45-50,52-54,56-76H2,1-4H3,(H,89,90)(H,91,92)/b13-9-,14-10-,24-20-,25-21-,26-22-,35-32-,36-33-,40-38-,41-34-,44-42-,55-51-. The summed E-state index contributed by atoms with van der Waals surface area (Å²) < 4.78 is 68.5. The van der Waals surface area contributed by atoms with Gasteiger partial charge in [0, 0.05) is 25.7 Å². The summed E-state index contributed by atoms with van der Waals surface area (Å²) in [5.74, 6) is -2.28. The highest BCUT2D eigenvalue weighted by Crippen LogP contribution is 2.45. The van der Waals surface area contributed by atoms with Crippen LogP contribution in [0.1, 0.15) is 310 Å². The molecule has 0 aromatic carbocycles. The van der Waals surface area contributed by atoms with Gasteiger partial charge in [0.25, 0.3) is 0 Å². The van der Waals surface area contributed by atoms with E-state index in [1.807, 2.05) is 12.2 Å². The summed E-state index contributed by atoms with van der Waals surface area (Å²) in [5.41, 5.74) is 0. The van der Waals surface area contributed by atoms with Gasteiger partial charge in [0.15, 0.2) is 12.2 Å². The molecule has 0 aliphatic rings. The summed E-state index contributed by atoms with van der Waals surface area (Å²) in [4.78, 5) is 72.9. The average Bonchev–Trinajstić information content (AvgIpc) is 0.926. The van der Waals surface area contributed by atoms with Crippen LogP contribution in [0.2, 0.25) is 0 Å². The number of rotatable bonds is 73. The summed E-state index contributed by atoms with van der Waals surface area (Å²) in [6.45, 7) is 4.51. The molecule has 5 atom stereocenters. The molecule has 102 heavy (non-hydrogen) atoms. The Morgan fingerprint density at radius 3 is 0.863 bits per heavy atom. The van der Waals surface area contributed by atoms with Crippen molar-refractivity contribution in [1.82, 2.24) is 0 Å². The molecule has 0 spiro atoms. The molecule has 17 nitrogen and oxygen atoms in total. The van der Waals surface area contributed by atoms with E-state index in [0.717, 1.165) is 173 Å². The first-order chi connectivity index (χ1) is 49.7. The van der Waals surface area contributed by atoms with Gasteiger partial charge < -0.3 is 33.8 Å². The average molecular weight is 1470 g/mol. The molecular weight excluding hydrogens is 1330 g/mol. The molecular formula is C83H140O17P2. The van der Waals surface area contributed by atoms with E-state index in [2.05, 4.69) is 149 Å². The van der Waals surface area contributed by atoms with Crippen molar-refractivity contribution in [3.63, 3.8) is 0 Å². The highest BCUT2D eigenvalue weighted by Gasteiger charge is 2.30. The van der Waals surface area contributed by atoms with E-state index in [0.29, 0.717) is 32.1 Å². The fraction of sp³-hybridized carbons (Fsp3) is 0.687. The molecule has 0 amide bonds. The zero-order valence-corrected chi connectivity index (χ0v) is 65.5. The van der Waals surface area contributed by atoms with Crippen LogP contribution in [0.5, 0.6) is 0 Å². The Hall–Kier alpha value is -4.80. The maximum absolute atomic E-state index is 13.1. The molecule has 0 fully saturated rings. The predicted octanol–water partition coefficient (Wildman–Crippen LogP) is 22.9. The molecule has 0 bridgehead atoms. The fourth-order valence-electron chi connectivity index (χ4n) is 10.1. The zero-order chi connectivity index (χ0) is 74.6. The van der Waals surface area contributed by atoms with Crippen molar-refractivity contribution < 1.29 is 80.2 Å². The largest absolute Gasteiger partial charge is 0.472 e. The van der Waals surface area contributed by atoms with Crippen LogP contribution in [0.25, 0.3) is 0 Å². The third kappa shape index (κ3) is 73.5. The first-order valence-corrected chi connectivity index (χ1v) is 42.4. The third-order valence-corrected chi connectivity index (χ3v) is 18.0. The number of unbranched alkanes of at least 4 members (excludes halogenated alkanes) is 25. The number of aliphatic hydroxyl groups is 1. The van der Waals surface area contributed by atoms with Gasteiger partial charge in [0.2, 0.25) is 0 Å². The minimum Gasteiger partial charge on any atom is -0.462 e. The maximum atomic E-state index is 13.1. The summed E-state index contributed by atoms with van der Waals surface area (Å²) in [5, 5.41) is 10.6. The number of hydrogen-bond acceptors (Lipinski definition) is 15. The number of phosphoric acid groups is 2. The molecule has 0 aliphatic heterocycles. The molecule has 0 aromatic heterocycles. The Morgan fingerprint density at radius 2 is 0.529 bits per heavy atom. The lowest BCUT2D eigenvalue weighted by Gasteiger charge is -2.21. The smallest absolute Gasteiger partial charge is 0.462 e. The molecule has 19 heteroatoms. The molecule has 584 valence electrons. The lowest BCUT2D eigenvalue weighted by Crippen LogP contribution is -2.30. The Balaban J connectivity index is 5.39. The second-order valence-electron chi connectivity index (χ2n) is 25.9. The molecule has 0 radical (unpaired) electrons. The van der Waals surface area contributed by atoms with Crippen LogP contribution in [-0.2, 0) is 65.4 Å². The van der Waals surface area contributed by atoms with Gasteiger partial charge in [0.1, 0.15) is 19.3 Å². The van der Waals surface area contributed by atoms with Gasteiger partial charge in [-0.05, 0) is 148 Å². The summed E-state index contributed by atoms with van der Waals surface area (Å²) >= 11 is 0. The van der Waals surface area contributed by atoms with Crippen molar-refractivity contribution in [2.75, 3.05) is 39.6 Å². The number of carbonyl (C=O) groups excluding carboxylic acids is 4. The van der Waals surface area contributed by atoms with Gasteiger partial charge in [-0.1, -0.05) is 271 Å². The Bertz CT molecular complexity index is 2460. The van der Waals surface area contributed by atoms with Gasteiger partial charge in [-0.2, -0.15) is 0 Å². The van der Waals surface area contributed by atoms with Crippen molar-refractivity contribution in [3.05, 3.63) is 134 Å². The quantitative estimate of drug-likeness (QED) is 0.0169. The third-order valence-electron chi connectivity index (χ3n) is 16.1. The minimum atomic E-state index is -4.99. The number of carbonyl (C=O) groups is 4. The number of allylic oxidation sites excluding steroid dienone is 22. The fourth-order valence-corrected chi connectivity index (χ4v) is 11.7. The number of phosphoric ester groups is 2. The highest BCUT2D eigenvalue weighted by atomic mass is 31.2. The van der Waals surface area contributed by atoms with Crippen molar-refractivity contribution in [2.24, 2.45) is 0 Å². The van der Waals surface area contributed by atoms with Gasteiger partial charge in [0.05, 0.1) is 26.4 Å². The van der Waals surface area contributed by atoms with Crippen molar-refractivity contribution >= 4 is 39.5 Å². The van der Waals surface area contributed by atoms with Gasteiger partial charge in [-0.15, -0.1) is 0 Å². The first kappa shape index (κ1) is 97.2. The molecule has 0 heterocycles. The minimum absolute atomic E-state index is 0.0692. The lowest BCUT2D eigenvalue weighted by molar-refractivity contribution is -0.161. The van der Waals surface area contributed by atoms with E-state index in [-0.39, 0.29) is 25.7 Å². The number of ether oxygens (including phenoxy) is 4. The van der Waals surface area contributed by atoms with E-state index < -0.39 is 97.5 Å². The topological polar surface area (TPSA) is 237 Å². The van der Waals surface area contributed by atoms with Gasteiger partial charge >= 0.3 is 39.5 Å². The van der Waals surface area contributed by atoms with Crippen LogP contribution in [0.15, 0.2) is 134 Å². The Kier molecular flexibility index (Phi) is 71.0. The predicted molar refractivity (Wildman–Crippen MR) is 418 cm³/mol.